The summed E-state index contributed by atoms with van der Waals surface area (Å²) in [5.74, 6) is 7.15. The molecule has 0 bridgehead atoms. The number of benzene rings is 8. The Morgan fingerprint density at radius 2 is 0.704 bits per heavy atom. The number of rotatable bonds is 2. The number of hydrogen-bond donors (Lipinski definition) is 0. The second kappa shape index (κ2) is 9.62. The maximum Gasteiger partial charge on any atom is 0.157 e. The normalized spacial score (nSPS) is 17.4. The highest BCUT2D eigenvalue weighted by atomic mass is 28.3. The first-order valence-corrected chi connectivity index (χ1v) is 21.9. The standard InChI is InChI=1S/C46H26N2O4Si2/c1-3-11-26(12-4-1)47-28-15-7-19-32-41(28)53-43-30(47)17-9-21-34(43)51-39-38-25(23-36(49-32)45(39)53)24-37-46-40(38)52-35-22-10-18-31-44(35)54(46)42-29(16-8-20-33(42)50-37)48(31)27-13-5-2-6-14-27/h1-24,53-54H. The van der Waals surface area contributed by atoms with E-state index in [4.69, 9.17) is 18.9 Å². The maximum atomic E-state index is 7.22. The summed E-state index contributed by atoms with van der Waals surface area (Å²) in [4.78, 5) is 4.75. The van der Waals surface area contributed by atoms with Gasteiger partial charge in [0.15, 0.2) is 17.6 Å². The van der Waals surface area contributed by atoms with E-state index in [1.165, 1.54) is 53.9 Å². The van der Waals surface area contributed by atoms with Crippen LogP contribution in [0.5, 0.6) is 46.0 Å². The third-order valence-electron chi connectivity index (χ3n) is 12.1. The fourth-order valence-corrected chi connectivity index (χ4v) is 17.5. The quantitative estimate of drug-likeness (QED) is 0.174. The van der Waals surface area contributed by atoms with Gasteiger partial charge >= 0.3 is 0 Å². The second-order valence-corrected chi connectivity index (χ2v) is 19.9. The van der Waals surface area contributed by atoms with E-state index in [0.29, 0.717) is 0 Å². The van der Waals surface area contributed by atoms with Crippen LogP contribution < -0.4 is 59.9 Å². The first kappa shape index (κ1) is 27.8. The van der Waals surface area contributed by atoms with Crippen molar-refractivity contribution < 1.29 is 18.9 Å². The maximum absolute atomic E-state index is 7.22. The highest BCUT2D eigenvalue weighted by Gasteiger charge is 2.50. The van der Waals surface area contributed by atoms with E-state index >= 15 is 0 Å². The number of ether oxygens (including phenoxy) is 4. The minimum atomic E-state index is -2.09. The van der Waals surface area contributed by atoms with Crippen LogP contribution in [0.4, 0.5) is 34.1 Å². The van der Waals surface area contributed by atoms with Crippen molar-refractivity contribution in [1.82, 2.24) is 0 Å². The highest BCUT2D eigenvalue weighted by molar-refractivity contribution is 7.02. The van der Waals surface area contributed by atoms with Crippen LogP contribution in [0, 0.1) is 0 Å². The summed E-state index contributed by atoms with van der Waals surface area (Å²) < 4.78 is 28.3. The minimum Gasteiger partial charge on any atom is -0.457 e. The Labute approximate surface area is 312 Å². The molecule has 54 heavy (non-hydrogen) atoms. The minimum absolute atomic E-state index is 0.865. The van der Waals surface area contributed by atoms with Crippen molar-refractivity contribution in [1.29, 1.82) is 0 Å². The van der Waals surface area contributed by atoms with Crippen LogP contribution in [-0.2, 0) is 0 Å². The van der Waals surface area contributed by atoms with Crippen LogP contribution in [-0.4, -0.2) is 17.6 Å². The van der Waals surface area contributed by atoms with Crippen LogP contribution in [0.3, 0.4) is 0 Å². The Morgan fingerprint density at radius 1 is 0.333 bits per heavy atom. The molecule has 0 saturated heterocycles. The van der Waals surface area contributed by atoms with Crippen molar-refractivity contribution in [3.63, 3.8) is 0 Å². The molecule has 14 rings (SSSR count). The van der Waals surface area contributed by atoms with E-state index in [-0.39, 0.29) is 0 Å². The van der Waals surface area contributed by atoms with E-state index in [2.05, 4.69) is 155 Å². The lowest BCUT2D eigenvalue weighted by atomic mass is 10.0. The third-order valence-corrected chi connectivity index (χ3v) is 19.0. The number of para-hydroxylation sites is 2. The first-order valence-electron chi connectivity index (χ1n) is 18.4. The van der Waals surface area contributed by atoms with Gasteiger partial charge in [0.1, 0.15) is 46.0 Å². The van der Waals surface area contributed by atoms with Gasteiger partial charge < -0.3 is 28.7 Å². The smallest absolute Gasteiger partial charge is 0.157 e. The fourth-order valence-electron chi connectivity index (χ4n) is 10.1. The van der Waals surface area contributed by atoms with Crippen molar-refractivity contribution in [2.75, 3.05) is 9.80 Å². The number of nitrogens with zero attached hydrogens (tertiary/aromatic N) is 2. The van der Waals surface area contributed by atoms with Crippen LogP contribution in [0.15, 0.2) is 146 Å². The molecular weight excluding hydrogens is 701 g/mol. The van der Waals surface area contributed by atoms with Gasteiger partial charge in [-0.15, -0.1) is 0 Å². The number of fused-ring (bicyclic) bond motifs is 3. The van der Waals surface area contributed by atoms with Gasteiger partial charge in [-0.1, -0.05) is 60.7 Å². The molecule has 6 aliphatic rings. The van der Waals surface area contributed by atoms with Gasteiger partial charge in [-0.05, 0) is 90.3 Å². The number of anilines is 6. The average molecular weight is 727 g/mol. The molecule has 8 aromatic carbocycles. The monoisotopic (exact) mass is 726 g/mol. The van der Waals surface area contributed by atoms with Gasteiger partial charge in [-0.25, -0.2) is 0 Å². The zero-order valence-corrected chi connectivity index (χ0v) is 30.8. The van der Waals surface area contributed by atoms with Crippen molar-refractivity contribution in [2.24, 2.45) is 0 Å². The topological polar surface area (TPSA) is 43.4 Å². The molecule has 0 aliphatic carbocycles. The van der Waals surface area contributed by atoms with Crippen molar-refractivity contribution in [3.05, 3.63) is 146 Å². The third kappa shape index (κ3) is 3.25. The first-order chi connectivity index (χ1) is 26.8. The lowest BCUT2D eigenvalue weighted by molar-refractivity contribution is 0.457. The molecule has 0 N–H and O–H groups in total. The summed E-state index contributed by atoms with van der Waals surface area (Å²) in [7, 11) is -4.18. The van der Waals surface area contributed by atoms with E-state index < -0.39 is 17.6 Å². The molecule has 6 heterocycles. The van der Waals surface area contributed by atoms with Gasteiger partial charge in [0.2, 0.25) is 0 Å². The molecule has 2 atom stereocenters. The SMILES string of the molecule is c1ccc(N2c3cccc4c3[SiH]3c5c(cccc52)Oc2c3c(cc3cc5c6c(c23)Oc2cccc3c2[SiH]6c2c(cccc2N3c2ccccc2)O5)O4)cc1. The summed E-state index contributed by atoms with van der Waals surface area (Å²) in [5.41, 5.74) is 6.95. The van der Waals surface area contributed by atoms with E-state index in [0.717, 1.165) is 68.1 Å². The summed E-state index contributed by atoms with van der Waals surface area (Å²) >= 11 is 0. The predicted octanol–water partition coefficient (Wildman–Crippen LogP) is 7.33. The molecule has 8 heteroatoms. The van der Waals surface area contributed by atoms with Crippen LogP contribution in [0.25, 0.3) is 10.8 Å². The molecule has 0 saturated carbocycles. The second-order valence-electron chi connectivity index (χ2n) is 14.7. The molecule has 0 fully saturated rings. The van der Waals surface area contributed by atoms with Gasteiger partial charge in [-0.2, -0.15) is 0 Å². The van der Waals surface area contributed by atoms with Crippen LogP contribution in [0.2, 0.25) is 0 Å². The zero-order valence-electron chi connectivity index (χ0n) is 28.5. The Hall–Kier alpha value is -6.75. The molecule has 0 aromatic heterocycles. The Bertz CT molecular complexity index is 2800. The molecular formula is C46H26N2O4Si2. The fraction of sp³-hybridized carbons (Fsp3) is 0. The summed E-state index contributed by atoms with van der Waals surface area (Å²) in [6, 6.07) is 51.7. The summed E-state index contributed by atoms with van der Waals surface area (Å²) in [6.07, 6.45) is 0. The van der Waals surface area contributed by atoms with Crippen molar-refractivity contribution in [2.45, 2.75) is 0 Å². The molecule has 0 spiro atoms. The van der Waals surface area contributed by atoms with E-state index in [1.807, 2.05) is 0 Å². The average Bonchev–Trinajstić information content (AvgIpc) is 3.21. The molecule has 6 nitrogen and oxygen atoms in total. The van der Waals surface area contributed by atoms with Crippen molar-refractivity contribution in [3.8, 4) is 46.0 Å². The van der Waals surface area contributed by atoms with Crippen LogP contribution >= 0.6 is 0 Å². The van der Waals surface area contributed by atoms with Gasteiger partial charge in [0.05, 0.1) is 5.39 Å². The molecule has 252 valence electrons. The van der Waals surface area contributed by atoms with Gasteiger partial charge in [-0.3, -0.25) is 0 Å². The Balaban J connectivity index is 1.05. The molecule has 2 unspecified atom stereocenters. The summed E-state index contributed by atoms with van der Waals surface area (Å²) in [5, 5.41) is 9.55. The van der Waals surface area contributed by atoms with Gasteiger partial charge in [0.25, 0.3) is 0 Å². The van der Waals surface area contributed by atoms with E-state index in [1.54, 1.807) is 0 Å². The van der Waals surface area contributed by atoms with Crippen LogP contribution in [0.1, 0.15) is 0 Å². The lowest BCUT2D eigenvalue weighted by Gasteiger charge is -2.45. The molecule has 0 radical (unpaired) electrons. The highest BCUT2D eigenvalue weighted by Crippen LogP contribution is 2.52. The lowest BCUT2D eigenvalue weighted by Crippen LogP contribution is -2.62. The van der Waals surface area contributed by atoms with Crippen molar-refractivity contribution >= 4 is 93.6 Å². The molecule has 6 aliphatic heterocycles. The van der Waals surface area contributed by atoms with Gasteiger partial charge in [0, 0.05) is 65.2 Å². The van der Waals surface area contributed by atoms with E-state index in [9.17, 15) is 0 Å². The summed E-state index contributed by atoms with van der Waals surface area (Å²) in [6.45, 7) is 0. The Kier molecular flexibility index (Phi) is 4.96. The predicted molar refractivity (Wildman–Crippen MR) is 219 cm³/mol. The molecule has 8 aromatic rings. The largest absolute Gasteiger partial charge is 0.457 e. The number of hydrogen-bond acceptors (Lipinski definition) is 6. The zero-order chi connectivity index (χ0) is 34.8. The molecule has 0 amide bonds. The Morgan fingerprint density at radius 3 is 1.09 bits per heavy atom.